The second-order valence-electron chi connectivity index (χ2n) is 7.45. The number of benzene rings is 2. The maximum absolute atomic E-state index is 12.7. The van der Waals surface area contributed by atoms with Gasteiger partial charge in [0.15, 0.2) is 5.75 Å². The molecule has 1 atom stereocenters. The van der Waals surface area contributed by atoms with Gasteiger partial charge < -0.3 is 4.18 Å². The van der Waals surface area contributed by atoms with Crippen LogP contribution in [0.5, 0.6) is 5.75 Å². The van der Waals surface area contributed by atoms with Crippen LogP contribution in [0.1, 0.15) is 75.5 Å². The highest BCUT2D eigenvalue weighted by Gasteiger charge is 2.27. The van der Waals surface area contributed by atoms with E-state index in [1.54, 1.807) is 0 Å². The normalized spacial score (nSPS) is 12.8. The molecule has 152 valence electrons. The van der Waals surface area contributed by atoms with Gasteiger partial charge in [0.2, 0.25) is 5.91 Å². The van der Waals surface area contributed by atoms with Crippen molar-refractivity contribution in [2.75, 3.05) is 0 Å². The first kappa shape index (κ1) is 22.0. The smallest absolute Gasteiger partial charge is 0.366 e. The molecule has 0 bridgehead atoms. The molecular weight excluding hydrogens is 374 g/mol. The third kappa shape index (κ3) is 5.35. The van der Waals surface area contributed by atoms with Crippen molar-refractivity contribution in [2.45, 2.75) is 58.8 Å². The predicted octanol–water partition coefficient (Wildman–Crippen LogP) is 4.87. The van der Waals surface area contributed by atoms with Crippen LogP contribution in [0.4, 0.5) is 0 Å². The van der Waals surface area contributed by atoms with E-state index in [1.807, 2.05) is 83.1 Å². The summed E-state index contributed by atoms with van der Waals surface area (Å²) in [5.41, 5.74) is 2.35. The number of hydrogen-bond donors (Lipinski definition) is 1. The highest BCUT2D eigenvalue weighted by atomic mass is 32.2. The topological polar surface area (TPSA) is 72.5 Å². The van der Waals surface area contributed by atoms with Gasteiger partial charge in [-0.05, 0) is 34.9 Å². The molecule has 0 saturated heterocycles. The summed E-state index contributed by atoms with van der Waals surface area (Å²) < 4.78 is 32.8. The van der Waals surface area contributed by atoms with E-state index in [0.29, 0.717) is 12.2 Å². The Balaban J connectivity index is 2.30. The van der Waals surface area contributed by atoms with E-state index in [9.17, 15) is 13.2 Å². The van der Waals surface area contributed by atoms with Crippen molar-refractivity contribution < 1.29 is 17.4 Å². The Kier molecular flexibility index (Phi) is 7.24. The molecule has 0 heterocycles. The highest BCUT2D eigenvalue weighted by molar-refractivity contribution is 7.85. The number of amides is 1. The molecule has 2 aromatic rings. The quantitative estimate of drug-likeness (QED) is 0.683. The molecule has 1 N–H and O–H groups in total. The minimum atomic E-state index is -4.31. The van der Waals surface area contributed by atoms with Gasteiger partial charge in [0.05, 0.1) is 5.92 Å². The number of para-hydroxylation sites is 1. The molecule has 0 aliphatic carbocycles. The predicted molar refractivity (Wildman–Crippen MR) is 112 cm³/mol. The molecule has 1 amide bonds. The first-order valence-electron chi connectivity index (χ1n) is 9.60. The monoisotopic (exact) mass is 403 g/mol. The van der Waals surface area contributed by atoms with Crippen LogP contribution in [-0.2, 0) is 15.1 Å². The summed E-state index contributed by atoms with van der Waals surface area (Å²) in [6, 6.07) is 14.7. The molecule has 0 radical (unpaired) electrons. The van der Waals surface area contributed by atoms with Crippen molar-refractivity contribution in [3.8, 4) is 5.75 Å². The van der Waals surface area contributed by atoms with Gasteiger partial charge in [0.25, 0.3) is 0 Å². The summed E-state index contributed by atoms with van der Waals surface area (Å²) in [6.07, 6.45) is 0.477. The van der Waals surface area contributed by atoms with E-state index in [2.05, 4.69) is 4.72 Å². The van der Waals surface area contributed by atoms with Crippen molar-refractivity contribution in [2.24, 2.45) is 0 Å². The van der Waals surface area contributed by atoms with Gasteiger partial charge in [-0.1, -0.05) is 83.1 Å². The molecule has 2 rings (SSSR count). The maximum atomic E-state index is 12.7. The lowest BCUT2D eigenvalue weighted by Crippen LogP contribution is -2.37. The zero-order valence-corrected chi connectivity index (χ0v) is 17.9. The van der Waals surface area contributed by atoms with Crippen LogP contribution in [-0.4, -0.2) is 14.3 Å². The molecule has 0 fully saturated rings. The number of nitrogens with one attached hydrogen (secondary N) is 1. The Morgan fingerprint density at radius 1 is 0.929 bits per heavy atom. The van der Waals surface area contributed by atoms with Gasteiger partial charge in [-0.2, -0.15) is 8.42 Å². The zero-order chi connectivity index (χ0) is 20.9. The first-order chi connectivity index (χ1) is 13.2. The number of carbonyl (C=O) groups is 1. The highest BCUT2D eigenvalue weighted by Crippen LogP contribution is 2.35. The van der Waals surface area contributed by atoms with E-state index in [0.717, 1.165) is 16.7 Å². The molecule has 0 spiro atoms. The van der Waals surface area contributed by atoms with Crippen LogP contribution < -0.4 is 8.91 Å². The van der Waals surface area contributed by atoms with Crippen LogP contribution in [0, 0.1) is 0 Å². The molecule has 0 aliphatic rings. The van der Waals surface area contributed by atoms with E-state index in [4.69, 9.17) is 4.18 Å². The van der Waals surface area contributed by atoms with Gasteiger partial charge in [-0.25, -0.2) is 4.72 Å². The second kappa shape index (κ2) is 9.24. The molecule has 6 heteroatoms. The molecule has 0 aliphatic heterocycles. The van der Waals surface area contributed by atoms with Gasteiger partial charge in [0.1, 0.15) is 0 Å². The van der Waals surface area contributed by atoms with E-state index in [-0.39, 0.29) is 11.8 Å². The Hall–Kier alpha value is -2.34. The van der Waals surface area contributed by atoms with Crippen LogP contribution in [0.2, 0.25) is 0 Å². The fourth-order valence-electron chi connectivity index (χ4n) is 3.16. The van der Waals surface area contributed by atoms with Crippen molar-refractivity contribution >= 4 is 16.2 Å². The van der Waals surface area contributed by atoms with E-state index >= 15 is 0 Å². The third-order valence-corrected chi connectivity index (χ3v) is 5.50. The number of carbonyl (C=O) groups excluding carboxylic acids is 1. The van der Waals surface area contributed by atoms with Crippen molar-refractivity contribution in [3.63, 3.8) is 0 Å². The Bertz CT molecular complexity index is 879. The number of rotatable bonds is 8. The Morgan fingerprint density at radius 3 is 1.93 bits per heavy atom. The molecule has 1 unspecified atom stereocenters. The Labute approximate surface area is 168 Å². The summed E-state index contributed by atoms with van der Waals surface area (Å²) in [5, 5.41) is 0. The van der Waals surface area contributed by atoms with Gasteiger partial charge in [-0.15, -0.1) is 0 Å². The van der Waals surface area contributed by atoms with Crippen LogP contribution in [0.25, 0.3) is 0 Å². The summed E-state index contributed by atoms with van der Waals surface area (Å²) in [6.45, 7) is 9.73. The fourth-order valence-corrected chi connectivity index (χ4v) is 4.00. The summed E-state index contributed by atoms with van der Waals surface area (Å²) in [7, 11) is -4.31. The SMILES string of the molecule is CCC(C(=O)NS(=O)(=O)Oc1c(C(C)C)cccc1C(C)C)c1ccccc1. The Morgan fingerprint density at radius 2 is 1.46 bits per heavy atom. The summed E-state index contributed by atoms with van der Waals surface area (Å²) in [4.78, 5) is 12.6. The van der Waals surface area contributed by atoms with Crippen molar-refractivity contribution in [3.05, 3.63) is 65.2 Å². The van der Waals surface area contributed by atoms with Gasteiger partial charge >= 0.3 is 10.3 Å². The fraction of sp³-hybridized carbons (Fsp3) is 0.409. The molecule has 0 saturated carbocycles. The summed E-state index contributed by atoms with van der Waals surface area (Å²) in [5.74, 6) is -0.702. The van der Waals surface area contributed by atoms with E-state index < -0.39 is 22.1 Å². The molecule has 28 heavy (non-hydrogen) atoms. The zero-order valence-electron chi connectivity index (χ0n) is 17.1. The van der Waals surface area contributed by atoms with Crippen LogP contribution >= 0.6 is 0 Å². The maximum Gasteiger partial charge on any atom is 0.409 e. The van der Waals surface area contributed by atoms with Crippen LogP contribution in [0.3, 0.4) is 0 Å². The molecule has 2 aromatic carbocycles. The molecule has 0 aromatic heterocycles. The minimum absolute atomic E-state index is 0.0762. The lowest BCUT2D eigenvalue weighted by molar-refractivity contribution is -0.120. The lowest BCUT2D eigenvalue weighted by atomic mass is 9.94. The van der Waals surface area contributed by atoms with Crippen molar-refractivity contribution in [1.82, 2.24) is 4.72 Å². The number of hydrogen-bond acceptors (Lipinski definition) is 4. The second-order valence-corrected chi connectivity index (χ2v) is 8.73. The molecular formula is C22H29NO4S. The average molecular weight is 404 g/mol. The van der Waals surface area contributed by atoms with Gasteiger partial charge in [0, 0.05) is 0 Å². The molecule has 5 nitrogen and oxygen atoms in total. The standard InChI is InChI=1S/C22H29NO4S/c1-6-18(17-11-8-7-9-12-17)22(24)23-28(25,26)27-21-19(15(2)3)13-10-14-20(21)16(4)5/h7-16,18H,6H2,1-5H3,(H,23,24). The first-order valence-corrected chi connectivity index (χ1v) is 11.0. The summed E-state index contributed by atoms with van der Waals surface area (Å²) >= 11 is 0. The van der Waals surface area contributed by atoms with Crippen molar-refractivity contribution in [1.29, 1.82) is 0 Å². The minimum Gasteiger partial charge on any atom is -0.366 e. The van der Waals surface area contributed by atoms with Crippen LogP contribution in [0.15, 0.2) is 48.5 Å². The largest absolute Gasteiger partial charge is 0.409 e. The van der Waals surface area contributed by atoms with Gasteiger partial charge in [-0.3, -0.25) is 4.79 Å². The lowest BCUT2D eigenvalue weighted by Gasteiger charge is -2.20. The average Bonchev–Trinajstić information content (AvgIpc) is 2.62. The third-order valence-electron chi connectivity index (χ3n) is 4.67. The van der Waals surface area contributed by atoms with E-state index in [1.165, 1.54) is 0 Å².